The van der Waals surface area contributed by atoms with Gasteiger partial charge < -0.3 is 5.21 Å². The third-order valence-electron chi connectivity index (χ3n) is 0.115. The summed E-state index contributed by atoms with van der Waals surface area (Å²) in [6.07, 6.45) is 1.31. The highest BCUT2D eigenvalue weighted by Gasteiger charge is 1.34. The van der Waals surface area contributed by atoms with Gasteiger partial charge in [0.1, 0.15) is 0 Å². The predicted molar refractivity (Wildman–Crippen MR) is 27.3 cm³/mol. The summed E-state index contributed by atoms with van der Waals surface area (Å²) in [5.41, 5.74) is 0. The molecule has 0 aliphatic carbocycles. The lowest BCUT2D eigenvalue weighted by Crippen LogP contribution is -1.49. The maximum absolute atomic E-state index is 7.44. The van der Waals surface area contributed by atoms with Crippen molar-refractivity contribution < 1.29 is 5.21 Å². The molecule has 0 amide bonds. The summed E-state index contributed by atoms with van der Waals surface area (Å²) in [4.78, 5) is 0. The first-order valence-corrected chi connectivity index (χ1v) is 1.04. The summed E-state index contributed by atoms with van der Waals surface area (Å²) < 4.78 is 0. The van der Waals surface area contributed by atoms with Gasteiger partial charge in [0.05, 0.1) is 0 Å². The van der Waals surface area contributed by atoms with Gasteiger partial charge in [-0.1, -0.05) is 0 Å². The molecule has 1 N–H and O–H groups in total. The van der Waals surface area contributed by atoms with Crippen LogP contribution in [0.25, 0.3) is 0 Å². The summed E-state index contributed by atoms with van der Waals surface area (Å²) in [5.74, 6) is 0. The molecule has 2 nitrogen and oxygen atoms in total. The molecule has 0 aromatic carbocycles. The highest BCUT2D eigenvalue weighted by Crippen LogP contribution is 1.38. The summed E-state index contributed by atoms with van der Waals surface area (Å²) in [6.45, 7) is 1.64. The Labute approximate surface area is 35.5 Å². The van der Waals surface area contributed by atoms with E-state index < -0.39 is 0 Å². The molecule has 32 valence electrons. The summed E-state index contributed by atoms with van der Waals surface area (Å²) in [7, 11) is 0. The monoisotopic (exact) mass is 91.0 g/mol. The first kappa shape index (κ1) is 8.82. The van der Waals surface area contributed by atoms with E-state index in [0.29, 0.717) is 0 Å². The molecule has 0 unspecified atom stereocenters. The fourth-order valence-corrected chi connectivity index (χ4v) is 0. The lowest BCUT2D eigenvalue weighted by Gasteiger charge is -1.54. The predicted octanol–water partition coefficient (Wildman–Crippen LogP) is -0.985. The molecule has 0 radical (unpaired) electrons. The molecule has 0 fully saturated rings. The minimum absolute atomic E-state index is 0. The highest BCUT2D eigenvalue weighted by atomic mass is 28.1. The van der Waals surface area contributed by atoms with E-state index in [1.165, 1.54) is 6.21 Å². The van der Waals surface area contributed by atoms with Crippen LogP contribution >= 0.6 is 0 Å². The third-order valence-corrected chi connectivity index (χ3v) is 0.115. The van der Waals surface area contributed by atoms with Crippen LogP contribution in [0.1, 0.15) is 6.92 Å². The molecule has 0 bridgehead atoms. The molecule has 0 heterocycles. The lowest BCUT2D eigenvalue weighted by atomic mass is 10.9. The zero-order chi connectivity index (χ0) is 3.41. The van der Waals surface area contributed by atoms with Gasteiger partial charge in [0, 0.05) is 6.21 Å². The Hall–Kier alpha value is -0.313. The van der Waals surface area contributed by atoms with Crippen molar-refractivity contribution in [1.29, 1.82) is 0 Å². The Kier molecular flexibility index (Phi) is 16.5. The van der Waals surface area contributed by atoms with Crippen LogP contribution in [0.15, 0.2) is 5.16 Å². The fourth-order valence-electron chi connectivity index (χ4n) is 0. The van der Waals surface area contributed by atoms with Gasteiger partial charge >= 0.3 is 0 Å². The van der Waals surface area contributed by atoms with Gasteiger partial charge in [0.25, 0.3) is 0 Å². The van der Waals surface area contributed by atoms with Gasteiger partial charge in [-0.15, -0.1) is 5.16 Å². The van der Waals surface area contributed by atoms with Gasteiger partial charge in [-0.2, -0.15) is 0 Å². The Balaban J connectivity index is 0. The molecule has 0 saturated heterocycles. The fraction of sp³-hybridized carbons (Fsp3) is 0.500. The first-order valence-electron chi connectivity index (χ1n) is 1.04. The van der Waals surface area contributed by atoms with Crippen LogP contribution in [0.3, 0.4) is 0 Å². The highest BCUT2D eigenvalue weighted by molar-refractivity contribution is 5.75. The van der Waals surface area contributed by atoms with Crippen LogP contribution in [0.5, 0.6) is 0 Å². The van der Waals surface area contributed by atoms with Crippen LogP contribution < -0.4 is 0 Å². The largest absolute Gasteiger partial charge is 0.411 e. The van der Waals surface area contributed by atoms with E-state index in [9.17, 15) is 0 Å². The average molecular weight is 91.2 g/mol. The van der Waals surface area contributed by atoms with Crippen LogP contribution in [-0.2, 0) is 0 Å². The van der Waals surface area contributed by atoms with Crippen LogP contribution in [-0.4, -0.2) is 22.4 Å². The van der Waals surface area contributed by atoms with Gasteiger partial charge in [0.15, 0.2) is 0 Å². The molecule has 0 aliphatic rings. The van der Waals surface area contributed by atoms with Crippen LogP contribution in [0.2, 0.25) is 0 Å². The van der Waals surface area contributed by atoms with Crippen molar-refractivity contribution in [3.63, 3.8) is 0 Å². The maximum atomic E-state index is 7.44. The zero-order valence-electron chi connectivity index (χ0n) is 2.47. The van der Waals surface area contributed by atoms with Crippen molar-refractivity contribution in [1.82, 2.24) is 0 Å². The number of hydrogen-bond donors (Lipinski definition) is 1. The quantitative estimate of drug-likeness (QED) is 0.177. The second kappa shape index (κ2) is 9.35. The van der Waals surface area contributed by atoms with Gasteiger partial charge in [-0.3, -0.25) is 0 Å². The number of hydrogen-bond acceptors (Lipinski definition) is 2. The molecule has 3 heteroatoms. The lowest BCUT2D eigenvalue weighted by molar-refractivity contribution is 0.321. The Morgan fingerprint density at radius 3 is 2.00 bits per heavy atom. The summed E-state index contributed by atoms with van der Waals surface area (Å²) in [5, 5.41) is 10.1. The van der Waals surface area contributed by atoms with Crippen molar-refractivity contribution in [2.45, 2.75) is 6.92 Å². The smallest absolute Gasteiger partial charge is 0.0404 e. The van der Waals surface area contributed by atoms with Gasteiger partial charge in [0.2, 0.25) is 0 Å². The van der Waals surface area contributed by atoms with Crippen molar-refractivity contribution in [2.75, 3.05) is 0 Å². The standard InChI is InChI=1S/C2H5NO.H4Si/c1-2-3-4;/h2,4H,1H3;1H4. The van der Waals surface area contributed by atoms with Crippen molar-refractivity contribution in [3.8, 4) is 0 Å². The number of nitrogens with zero attached hydrogens (tertiary/aromatic N) is 1. The first-order chi connectivity index (χ1) is 1.91. The molecule has 0 atom stereocenters. The van der Waals surface area contributed by atoms with Crippen LogP contribution in [0, 0.1) is 0 Å². The Morgan fingerprint density at radius 1 is 1.80 bits per heavy atom. The van der Waals surface area contributed by atoms with Gasteiger partial charge in [-0.05, 0) is 17.9 Å². The molecule has 5 heavy (non-hydrogen) atoms. The van der Waals surface area contributed by atoms with Crippen molar-refractivity contribution in [3.05, 3.63) is 0 Å². The number of oxime groups is 1. The van der Waals surface area contributed by atoms with E-state index >= 15 is 0 Å². The van der Waals surface area contributed by atoms with Crippen molar-refractivity contribution in [2.24, 2.45) is 5.16 Å². The molecule has 0 aliphatic heterocycles. The van der Waals surface area contributed by atoms with E-state index in [2.05, 4.69) is 5.16 Å². The Morgan fingerprint density at radius 2 is 2.00 bits per heavy atom. The maximum Gasteiger partial charge on any atom is 0.0404 e. The molecule has 0 saturated carbocycles. The molecule has 0 spiro atoms. The molecule has 0 aromatic rings. The topological polar surface area (TPSA) is 32.6 Å². The zero-order valence-corrected chi connectivity index (χ0v) is 2.47. The SMILES string of the molecule is CC=NO.[SiH4]. The van der Waals surface area contributed by atoms with E-state index in [1.54, 1.807) is 6.92 Å². The molecular weight excluding hydrogens is 82.1 g/mol. The minimum Gasteiger partial charge on any atom is -0.411 e. The van der Waals surface area contributed by atoms with Crippen molar-refractivity contribution >= 4 is 17.2 Å². The second-order valence-electron chi connectivity index (χ2n) is 0.374. The number of rotatable bonds is 0. The summed E-state index contributed by atoms with van der Waals surface area (Å²) in [6, 6.07) is 0. The second-order valence-corrected chi connectivity index (χ2v) is 0.374. The van der Waals surface area contributed by atoms with E-state index in [0.717, 1.165) is 0 Å². The van der Waals surface area contributed by atoms with E-state index in [4.69, 9.17) is 5.21 Å². The third kappa shape index (κ3) is 22.2. The van der Waals surface area contributed by atoms with Gasteiger partial charge in [-0.25, -0.2) is 0 Å². The normalized spacial score (nSPS) is 7.40. The molecule has 0 rings (SSSR count). The minimum atomic E-state index is 0. The molecule has 0 aromatic heterocycles. The van der Waals surface area contributed by atoms with E-state index in [-0.39, 0.29) is 11.0 Å². The van der Waals surface area contributed by atoms with Crippen LogP contribution in [0.4, 0.5) is 0 Å². The Bertz CT molecular complexity index is 24.8. The van der Waals surface area contributed by atoms with E-state index in [1.807, 2.05) is 0 Å². The molecular formula is C2H9NOSi. The summed E-state index contributed by atoms with van der Waals surface area (Å²) >= 11 is 0. The average Bonchev–Trinajstić information content (AvgIpc) is 1.37.